The smallest absolute Gasteiger partial charge is 0.226 e. The highest BCUT2D eigenvalue weighted by Crippen LogP contribution is 2.21. The molecule has 6 nitrogen and oxygen atoms in total. The zero-order valence-electron chi connectivity index (χ0n) is 13.0. The van der Waals surface area contributed by atoms with Crippen LogP contribution < -0.4 is 11.1 Å². The molecule has 0 aliphatic rings. The molecule has 3 rings (SSSR count). The van der Waals surface area contributed by atoms with Crippen molar-refractivity contribution in [3.8, 4) is 0 Å². The standard InChI is InChI=1S/C16H19ClN6/c1-19-14-13-15(22-16(17)21-14)23(10-20-13)9-12-5-2-4-11(8-12)6-3-7-18/h2,4-5,8,10H,3,6-7,9,18H2,1H3,(H,19,21,22). The number of rotatable bonds is 6. The van der Waals surface area contributed by atoms with Crippen LogP contribution >= 0.6 is 11.6 Å². The largest absolute Gasteiger partial charge is 0.371 e. The number of anilines is 1. The Labute approximate surface area is 139 Å². The second-order valence-electron chi connectivity index (χ2n) is 5.35. The van der Waals surface area contributed by atoms with Crippen LogP contribution in [0.25, 0.3) is 11.2 Å². The molecule has 2 heterocycles. The van der Waals surface area contributed by atoms with Gasteiger partial charge in [-0.25, -0.2) is 4.98 Å². The van der Waals surface area contributed by atoms with E-state index in [0.29, 0.717) is 18.9 Å². The van der Waals surface area contributed by atoms with Crippen molar-refractivity contribution in [3.05, 3.63) is 47.0 Å². The van der Waals surface area contributed by atoms with Gasteiger partial charge in [0.25, 0.3) is 0 Å². The summed E-state index contributed by atoms with van der Waals surface area (Å²) >= 11 is 6.00. The molecule has 0 saturated heterocycles. The number of nitrogens with two attached hydrogens (primary N) is 1. The van der Waals surface area contributed by atoms with Gasteiger partial charge < -0.3 is 15.6 Å². The molecule has 0 aliphatic heterocycles. The van der Waals surface area contributed by atoms with Crippen molar-refractivity contribution in [1.29, 1.82) is 0 Å². The van der Waals surface area contributed by atoms with Crippen LogP contribution in [0.3, 0.4) is 0 Å². The highest BCUT2D eigenvalue weighted by Gasteiger charge is 2.12. The molecule has 7 heteroatoms. The number of benzene rings is 1. The van der Waals surface area contributed by atoms with E-state index in [4.69, 9.17) is 17.3 Å². The molecule has 0 unspecified atom stereocenters. The summed E-state index contributed by atoms with van der Waals surface area (Å²) in [6.07, 6.45) is 3.75. The number of imidazole rings is 1. The molecule has 1 aromatic carbocycles. The van der Waals surface area contributed by atoms with Crippen molar-refractivity contribution in [3.63, 3.8) is 0 Å². The average Bonchev–Trinajstić information content (AvgIpc) is 2.95. The second kappa shape index (κ2) is 6.93. The Hall–Kier alpha value is -2.18. The van der Waals surface area contributed by atoms with Crippen molar-refractivity contribution in [2.45, 2.75) is 19.4 Å². The highest BCUT2D eigenvalue weighted by molar-refractivity contribution is 6.28. The predicted octanol–water partition coefficient (Wildman–Crippen LogP) is 2.46. The topological polar surface area (TPSA) is 81.7 Å². The Kier molecular flexibility index (Phi) is 4.73. The lowest BCUT2D eigenvalue weighted by Gasteiger charge is -2.07. The van der Waals surface area contributed by atoms with Gasteiger partial charge in [0.1, 0.15) is 0 Å². The Morgan fingerprint density at radius 1 is 1.26 bits per heavy atom. The number of halogens is 1. The molecule has 0 aliphatic carbocycles. The Balaban J connectivity index is 1.91. The Morgan fingerprint density at radius 3 is 2.87 bits per heavy atom. The third kappa shape index (κ3) is 3.43. The molecule has 0 fully saturated rings. The van der Waals surface area contributed by atoms with Gasteiger partial charge in [0, 0.05) is 7.05 Å². The van der Waals surface area contributed by atoms with E-state index < -0.39 is 0 Å². The molecule has 0 bridgehead atoms. The maximum atomic E-state index is 6.00. The van der Waals surface area contributed by atoms with E-state index >= 15 is 0 Å². The fraction of sp³-hybridized carbons (Fsp3) is 0.312. The zero-order chi connectivity index (χ0) is 16.2. The van der Waals surface area contributed by atoms with E-state index in [1.54, 1.807) is 13.4 Å². The lowest BCUT2D eigenvalue weighted by molar-refractivity contribution is 0.802. The van der Waals surface area contributed by atoms with Crippen LogP contribution in [-0.4, -0.2) is 33.1 Å². The molecular formula is C16H19ClN6. The lowest BCUT2D eigenvalue weighted by Crippen LogP contribution is -2.03. The summed E-state index contributed by atoms with van der Waals surface area (Å²) in [4.78, 5) is 12.9. The van der Waals surface area contributed by atoms with Crippen molar-refractivity contribution in [2.24, 2.45) is 5.73 Å². The van der Waals surface area contributed by atoms with Crippen LogP contribution in [-0.2, 0) is 13.0 Å². The number of hydrogen-bond acceptors (Lipinski definition) is 5. The van der Waals surface area contributed by atoms with Crippen LogP contribution in [0, 0.1) is 0 Å². The van der Waals surface area contributed by atoms with Gasteiger partial charge in [-0.3, -0.25) is 0 Å². The first kappa shape index (κ1) is 15.7. The lowest BCUT2D eigenvalue weighted by atomic mass is 10.1. The number of aromatic nitrogens is 4. The molecule has 3 N–H and O–H groups in total. The van der Waals surface area contributed by atoms with Crippen LogP contribution in [0.15, 0.2) is 30.6 Å². The normalized spacial score (nSPS) is 11.1. The molecule has 0 amide bonds. The van der Waals surface area contributed by atoms with Crippen LogP contribution in [0.1, 0.15) is 17.5 Å². The van der Waals surface area contributed by atoms with Crippen molar-refractivity contribution in [1.82, 2.24) is 19.5 Å². The summed E-state index contributed by atoms with van der Waals surface area (Å²) in [5.41, 5.74) is 9.51. The van der Waals surface area contributed by atoms with Crippen molar-refractivity contribution in [2.75, 3.05) is 18.9 Å². The summed E-state index contributed by atoms with van der Waals surface area (Å²) in [5.74, 6) is 0.635. The van der Waals surface area contributed by atoms with E-state index in [2.05, 4.69) is 44.5 Å². The number of fused-ring (bicyclic) bond motifs is 1. The fourth-order valence-corrected chi connectivity index (χ4v) is 2.76. The second-order valence-corrected chi connectivity index (χ2v) is 5.69. The van der Waals surface area contributed by atoms with E-state index in [0.717, 1.165) is 24.0 Å². The molecule has 0 atom stereocenters. The van der Waals surface area contributed by atoms with Gasteiger partial charge in [-0.2, -0.15) is 9.97 Å². The van der Waals surface area contributed by atoms with Crippen molar-refractivity contribution >= 4 is 28.6 Å². The summed E-state index contributed by atoms with van der Waals surface area (Å²) < 4.78 is 1.98. The Morgan fingerprint density at radius 2 is 2.09 bits per heavy atom. The number of aryl methyl sites for hydroxylation is 1. The number of nitrogens with zero attached hydrogens (tertiary/aromatic N) is 4. The van der Waals surface area contributed by atoms with E-state index in [-0.39, 0.29) is 5.28 Å². The summed E-state index contributed by atoms with van der Waals surface area (Å²) in [7, 11) is 1.79. The van der Waals surface area contributed by atoms with Gasteiger partial charge >= 0.3 is 0 Å². The van der Waals surface area contributed by atoms with Crippen LogP contribution in [0.5, 0.6) is 0 Å². The molecule has 23 heavy (non-hydrogen) atoms. The monoisotopic (exact) mass is 330 g/mol. The van der Waals surface area contributed by atoms with E-state index in [1.165, 1.54) is 11.1 Å². The van der Waals surface area contributed by atoms with E-state index in [9.17, 15) is 0 Å². The number of hydrogen-bond donors (Lipinski definition) is 2. The molecule has 2 aromatic heterocycles. The predicted molar refractivity (Wildman–Crippen MR) is 92.8 cm³/mol. The summed E-state index contributed by atoms with van der Waals surface area (Å²) in [6.45, 7) is 1.39. The first-order valence-corrected chi connectivity index (χ1v) is 7.93. The SMILES string of the molecule is CNc1nc(Cl)nc2c1ncn2Cc1cccc(CCCN)c1. The fourth-order valence-electron chi connectivity index (χ4n) is 2.59. The summed E-state index contributed by atoms with van der Waals surface area (Å²) in [6, 6.07) is 8.49. The first-order valence-electron chi connectivity index (χ1n) is 7.55. The van der Waals surface area contributed by atoms with Crippen LogP contribution in [0.4, 0.5) is 5.82 Å². The van der Waals surface area contributed by atoms with Gasteiger partial charge in [0.2, 0.25) is 5.28 Å². The van der Waals surface area contributed by atoms with Crippen molar-refractivity contribution < 1.29 is 0 Å². The zero-order valence-corrected chi connectivity index (χ0v) is 13.7. The third-order valence-electron chi connectivity index (χ3n) is 3.69. The number of nitrogens with one attached hydrogen (secondary N) is 1. The minimum Gasteiger partial charge on any atom is -0.371 e. The Bertz CT molecular complexity index is 813. The third-order valence-corrected chi connectivity index (χ3v) is 3.86. The molecular weight excluding hydrogens is 312 g/mol. The van der Waals surface area contributed by atoms with Gasteiger partial charge in [0.15, 0.2) is 17.0 Å². The first-order chi connectivity index (χ1) is 11.2. The minimum absolute atomic E-state index is 0.209. The minimum atomic E-state index is 0.209. The molecule has 0 spiro atoms. The van der Waals surface area contributed by atoms with Gasteiger partial charge in [-0.05, 0) is 42.1 Å². The highest BCUT2D eigenvalue weighted by atomic mass is 35.5. The maximum absolute atomic E-state index is 6.00. The van der Waals surface area contributed by atoms with Gasteiger partial charge in [-0.15, -0.1) is 0 Å². The molecule has 3 aromatic rings. The van der Waals surface area contributed by atoms with Crippen LogP contribution in [0.2, 0.25) is 5.28 Å². The molecule has 0 radical (unpaired) electrons. The summed E-state index contributed by atoms with van der Waals surface area (Å²) in [5, 5.41) is 3.21. The van der Waals surface area contributed by atoms with Gasteiger partial charge in [0.05, 0.1) is 12.9 Å². The quantitative estimate of drug-likeness (QED) is 0.678. The van der Waals surface area contributed by atoms with E-state index in [1.807, 2.05) is 4.57 Å². The average molecular weight is 331 g/mol. The van der Waals surface area contributed by atoms with Gasteiger partial charge in [-0.1, -0.05) is 24.3 Å². The molecule has 0 saturated carbocycles. The maximum Gasteiger partial charge on any atom is 0.226 e. The molecule has 120 valence electrons.